The van der Waals surface area contributed by atoms with Crippen LogP contribution in [0.4, 0.5) is 0 Å². The molecule has 1 aliphatic heterocycles. The standard InChI is InChI=1S/C37H46N8O7/c1-22(2)34-36(49)39-19-27-28(50-5)10-9-11-29(27)52-31-18-25(12-14-30(31)51-6)35(48)38-16-7-8-17-44(20-32(46)43-34)33(47)15-13-26-23(3)42-37-40-21-41-45(37)24(26)4/h9-12,14,18,21-22,34H,7-8,13,15-17,19-20H2,1-6H3,(H,38,48)(H,39,49)(H,43,46)/t34-/m1/s1. The number of nitrogens with zero attached hydrogens (tertiary/aromatic N) is 5. The van der Waals surface area contributed by atoms with Gasteiger partial charge in [0.2, 0.25) is 17.7 Å². The Bertz CT molecular complexity index is 1940. The molecule has 5 rings (SSSR count). The Hall–Kier alpha value is -5.73. The van der Waals surface area contributed by atoms with Gasteiger partial charge in [0.1, 0.15) is 23.9 Å². The molecule has 0 fully saturated rings. The van der Waals surface area contributed by atoms with Gasteiger partial charge in [-0.05, 0) is 74.9 Å². The number of aromatic nitrogens is 4. The fourth-order valence-electron chi connectivity index (χ4n) is 6.17. The second-order valence-corrected chi connectivity index (χ2v) is 12.9. The lowest BCUT2D eigenvalue weighted by molar-refractivity contribution is -0.137. The molecule has 1 atom stereocenters. The molecule has 4 aromatic rings. The third kappa shape index (κ3) is 8.76. The molecule has 0 saturated heterocycles. The van der Waals surface area contributed by atoms with Crippen LogP contribution < -0.4 is 30.2 Å². The number of nitrogens with one attached hydrogen (secondary N) is 3. The van der Waals surface area contributed by atoms with E-state index in [0.29, 0.717) is 65.7 Å². The number of carbonyl (C=O) groups is 4. The molecular weight excluding hydrogens is 668 g/mol. The first kappa shape index (κ1) is 37.5. The maximum Gasteiger partial charge on any atom is 0.252 e. The molecule has 0 aliphatic carbocycles. The molecule has 3 heterocycles. The van der Waals surface area contributed by atoms with Crippen molar-refractivity contribution in [3.63, 3.8) is 0 Å². The van der Waals surface area contributed by atoms with Gasteiger partial charge in [0, 0.05) is 36.5 Å². The number of carbonyl (C=O) groups excluding carboxylic acids is 4. The molecule has 2 aromatic heterocycles. The maximum absolute atomic E-state index is 13.7. The highest BCUT2D eigenvalue weighted by Crippen LogP contribution is 2.37. The van der Waals surface area contributed by atoms with E-state index in [1.807, 2.05) is 27.7 Å². The predicted octanol–water partition coefficient (Wildman–Crippen LogP) is 3.29. The fourth-order valence-corrected chi connectivity index (χ4v) is 6.17. The largest absolute Gasteiger partial charge is 0.496 e. The topological polar surface area (TPSA) is 178 Å². The van der Waals surface area contributed by atoms with Crippen molar-refractivity contribution in [2.75, 3.05) is 33.9 Å². The summed E-state index contributed by atoms with van der Waals surface area (Å²) in [4.78, 5) is 64.2. The molecular formula is C37H46N8O7. The van der Waals surface area contributed by atoms with E-state index in [-0.39, 0.29) is 43.8 Å². The number of rotatable bonds is 6. The third-order valence-electron chi connectivity index (χ3n) is 9.07. The Kier molecular flexibility index (Phi) is 12.3. The molecule has 4 amide bonds. The van der Waals surface area contributed by atoms with Crippen LogP contribution >= 0.6 is 0 Å². The smallest absolute Gasteiger partial charge is 0.252 e. The number of fused-ring (bicyclic) bond motifs is 4. The first-order valence-corrected chi connectivity index (χ1v) is 17.3. The SMILES string of the molecule is COc1ccc2cc1Oc1cccc(OC)c1CNC(=O)[C@@H](C(C)C)NC(=O)CN(C(=O)CCc1c(C)nc3ncnn3c1C)CCCCNC2=O. The summed E-state index contributed by atoms with van der Waals surface area (Å²) in [5.74, 6) is 0.371. The van der Waals surface area contributed by atoms with Crippen molar-refractivity contribution in [2.24, 2.45) is 5.92 Å². The summed E-state index contributed by atoms with van der Waals surface area (Å²) < 4.78 is 19.0. The van der Waals surface area contributed by atoms with Gasteiger partial charge >= 0.3 is 0 Å². The Balaban J connectivity index is 1.40. The molecule has 15 nitrogen and oxygen atoms in total. The van der Waals surface area contributed by atoms with Crippen molar-refractivity contribution in [3.05, 3.63) is 70.8 Å². The minimum atomic E-state index is -0.883. The van der Waals surface area contributed by atoms with Crippen molar-refractivity contribution >= 4 is 29.4 Å². The van der Waals surface area contributed by atoms with E-state index < -0.39 is 17.9 Å². The Labute approximate surface area is 302 Å². The Morgan fingerprint density at radius 3 is 2.56 bits per heavy atom. The summed E-state index contributed by atoms with van der Waals surface area (Å²) in [7, 11) is 3.02. The summed E-state index contributed by atoms with van der Waals surface area (Å²) in [5, 5.41) is 12.9. The predicted molar refractivity (Wildman–Crippen MR) is 191 cm³/mol. The van der Waals surface area contributed by atoms with Gasteiger partial charge in [-0.3, -0.25) is 19.2 Å². The van der Waals surface area contributed by atoms with Gasteiger partial charge in [0.25, 0.3) is 11.7 Å². The van der Waals surface area contributed by atoms with Crippen LogP contribution in [0, 0.1) is 19.8 Å². The quantitative estimate of drug-likeness (QED) is 0.269. The average molecular weight is 715 g/mol. The lowest BCUT2D eigenvalue weighted by Gasteiger charge is -2.26. The first-order valence-electron chi connectivity index (χ1n) is 17.3. The Morgan fingerprint density at radius 2 is 1.81 bits per heavy atom. The van der Waals surface area contributed by atoms with Gasteiger partial charge in [-0.2, -0.15) is 10.1 Å². The van der Waals surface area contributed by atoms with Crippen LogP contribution in [0.15, 0.2) is 42.7 Å². The van der Waals surface area contributed by atoms with Crippen molar-refractivity contribution in [1.29, 1.82) is 0 Å². The van der Waals surface area contributed by atoms with Crippen molar-refractivity contribution < 1.29 is 33.4 Å². The van der Waals surface area contributed by atoms with E-state index in [2.05, 4.69) is 31.0 Å². The molecule has 3 N–H and O–H groups in total. The van der Waals surface area contributed by atoms with Gasteiger partial charge < -0.3 is 35.1 Å². The minimum Gasteiger partial charge on any atom is -0.496 e. The molecule has 2 aromatic carbocycles. The maximum atomic E-state index is 13.7. The fraction of sp³-hybridized carbons (Fsp3) is 0.432. The van der Waals surface area contributed by atoms with Crippen molar-refractivity contribution in [3.8, 4) is 23.0 Å². The molecule has 1 aliphatic rings. The molecule has 0 spiro atoms. The Morgan fingerprint density at radius 1 is 1.02 bits per heavy atom. The minimum absolute atomic E-state index is 0.0123. The second-order valence-electron chi connectivity index (χ2n) is 12.9. The summed E-state index contributed by atoms with van der Waals surface area (Å²) in [5.41, 5.74) is 3.38. The summed E-state index contributed by atoms with van der Waals surface area (Å²) >= 11 is 0. The van der Waals surface area contributed by atoms with Gasteiger partial charge in [-0.25, -0.2) is 9.50 Å². The van der Waals surface area contributed by atoms with Crippen molar-refractivity contribution in [2.45, 2.75) is 66.0 Å². The number of benzene rings is 2. The van der Waals surface area contributed by atoms with Gasteiger partial charge in [-0.1, -0.05) is 19.9 Å². The molecule has 0 saturated carbocycles. The van der Waals surface area contributed by atoms with Crippen LogP contribution in [0.2, 0.25) is 0 Å². The highest BCUT2D eigenvalue weighted by molar-refractivity contribution is 5.95. The highest BCUT2D eigenvalue weighted by atomic mass is 16.5. The zero-order valence-corrected chi connectivity index (χ0v) is 30.4. The van der Waals surface area contributed by atoms with E-state index >= 15 is 0 Å². The monoisotopic (exact) mass is 714 g/mol. The van der Waals surface area contributed by atoms with E-state index in [0.717, 1.165) is 17.0 Å². The molecule has 0 radical (unpaired) electrons. The van der Waals surface area contributed by atoms with E-state index in [4.69, 9.17) is 14.2 Å². The van der Waals surface area contributed by atoms with Crippen LogP contribution in [0.1, 0.15) is 66.0 Å². The number of amides is 4. The second kappa shape index (κ2) is 17.0. The summed E-state index contributed by atoms with van der Waals surface area (Å²) in [6.45, 7) is 7.84. The van der Waals surface area contributed by atoms with Gasteiger partial charge in [0.05, 0.1) is 32.9 Å². The summed E-state index contributed by atoms with van der Waals surface area (Å²) in [6, 6.07) is 9.23. The molecule has 2 bridgehead atoms. The zero-order valence-electron chi connectivity index (χ0n) is 30.4. The highest BCUT2D eigenvalue weighted by Gasteiger charge is 2.27. The van der Waals surface area contributed by atoms with E-state index in [1.54, 1.807) is 40.9 Å². The summed E-state index contributed by atoms with van der Waals surface area (Å²) in [6.07, 6.45) is 3.03. The van der Waals surface area contributed by atoms with Crippen LogP contribution in [0.25, 0.3) is 5.78 Å². The molecule has 276 valence electrons. The van der Waals surface area contributed by atoms with Crippen LogP contribution in [0.3, 0.4) is 0 Å². The van der Waals surface area contributed by atoms with Crippen molar-refractivity contribution in [1.82, 2.24) is 40.4 Å². The number of aryl methyl sites for hydroxylation is 2. The number of hydrogen-bond donors (Lipinski definition) is 3. The third-order valence-corrected chi connectivity index (χ3v) is 9.07. The van der Waals surface area contributed by atoms with Gasteiger partial charge in [-0.15, -0.1) is 0 Å². The zero-order chi connectivity index (χ0) is 37.4. The lowest BCUT2D eigenvalue weighted by Crippen LogP contribution is -2.52. The molecule has 15 heteroatoms. The van der Waals surface area contributed by atoms with Crippen LogP contribution in [0.5, 0.6) is 23.0 Å². The van der Waals surface area contributed by atoms with Crippen LogP contribution in [-0.4, -0.2) is 88.0 Å². The normalized spacial score (nSPS) is 16.3. The van der Waals surface area contributed by atoms with Crippen LogP contribution in [-0.2, 0) is 27.3 Å². The lowest BCUT2D eigenvalue weighted by atomic mass is 10.0. The van der Waals surface area contributed by atoms with E-state index in [9.17, 15) is 19.2 Å². The van der Waals surface area contributed by atoms with E-state index in [1.165, 1.54) is 25.4 Å². The number of ether oxygens (including phenoxy) is 3. The van der Waals surface area contributed by atoms with Gasteiger partial charge in [0.15, 0.2) is 11.5 Å². The number of hydrogen-bond acceptors (Lipinski definition) is 10. The average Bonchev–Trinajstić information content (AvgIpc) is 3.60. The molecule has 0 unspecified atom stereocenters. The first-order chi connectivity index (χ1) is 25.0. The molecule has 52 heavy (non-hydrogen) atoms. The number of methoxy groups -OCH3 is 2.